The first-order valence-corrected chi connectivity index (χ1v) is 15.2. The van der Waals surface area contributed by atoms with Crippen LogP contribution in [0.4, 0.5) is 0 Å². The van der Waals surface area contributed by atoms with Gasteiger partial charge in [-0.3, -0.25) is 5.32 Å². The summed E-state index contributed by atoms with van der Waals surface area (Å²) in [6, 6.07) is 0. The maximum Gasteiger partial charge on any atom is 0.123 e. The second-order valence-electron chi connectivity index (χ2n) is 16.4. The van der Waals surface area contributed by atoms with E-state index in [2.05, 4.69) is 67.6 Å². The van der Waals surface area contributed by atoms with Crippen LogP contribution in [0.1, 0.15) is 127 Å². The molecule has 0 amide bonds. The largest absolute Gasteiger partial charge is 0.393 e. The highest BCUT2D eigenvalue weighted by Gasteiger charge is 2.83. The summed E-state index contributed by atoms with van der Waals surface area (Å²) >= 11 is 0. The van der Waals surface area contributed by atoms with Crippen molar-refractivity contribution in [2.24, 2.45) is 50.2 Å². The fourth-order valence-electron chi connectivity index (χ4n) is 12.9. The molecule has 0 aromatic rings. The third-order valence-corrected chi connectivity index (χ3v) is 15.9. The summed E-state index contributed by atoms with van der Waals surface area (Å²) in [5.74, 6) is 1.99. The van der Waals surface area contributed by atoms with E-state index in [4.69, 9.17) is 4.74 Å². The molecule has 4 saturated carbocycles. The van der Waals surface area contributed by atoms with Crippen molar-refractivity contribution in [2.45, 2.75) is 144 Å². The van der Waals surface area contributed by atoms with E-state index in [0.717, 1.165) is 37.6 Å². The van der Waals surface area contributed by atoms with Crippen LogP contribution in [0, 0.1) is 50.2 Å². The SMILES string of the molecule is C[C@H]1CC[C@]2(NC1)O[C@@]1(C)C[C@@]3(C)[C@@H]4CC[C@@]5(C)C[C@@H](O)CC[C@]5(C)[C@@]4(C)CC[C@]3(C)[C@@]1(C)[C@@H]2C. The average Bonchev–Trinajstić information content (AvgIpc) is 3.02. The van der Waals surface area contributed by atoms with Gasteiger partial charge in [-0.1, -0.05) is 55.4 Å². The summed E-state index contributed by atoms with van der Waals surface area (Å²) in [7, 11) is 0. The van der Waals surface area contributed by atoms with Crippen LogP contribution in [0.5, 0.6) is 0 Å². The Balaban J connectivity index is 1.42. The van der Waals surface area contributed by atoms with Gasteiger partial charge in [0.1, 0.15) is 5.72 Å². The Bertz CT molecular complexity index is 911. The molecule has 0 bridgehead atoms. The smallest absolute Gasteiger partial charge is 0.123 e. The Morgan fingerprint density at radius 3 is 2.14 bits per heavy atom. The highest BCUT2D eigenvalue weighted by molar-refractivity contribution is 5.31. The second kappa shape index (κ2) is 6.90. The van der Waals surface area contributed by atoms with Crippen molar-refractivity contribution in [3.05, 3.63) is 0 Å². The Labute approximate surface area is 215 Å². The molecule has 6 aliphatic rings. The maximum absolute atomic E-state index is 10.7. The van der Waals surface area contributed by atoms with Crippen molar-refractivity contribution in [1.82, 2.24) is 5.32 Å². The number of hydrogen-bond acceptors (Lipinski definition) is 3. The molecule has 35 heavy (non-hydrogen) atoms. The third kappa shape index (κ3) is 2.52. The lowest BCUT2D eigenvalue weighted by molar-refractivity contribution is -0.255. The molecule has 6 rings (SSSR count). The number of piperidine rings is 1. The minimum absolute atomic E-state index is 0.0842. The van der Waals surface area contributed by atoms with Gasteiger partial charge in [0.25, 0.3) is 0 Å². The van der Waals surface area contributed by atoms with E-state index in [9.17, 15) is 5.11 Å². The van der Waals surface area contributed by atoms with Crippen molar-refractivity contribution in [1.29, 1.82) is 0 Å². The molecular weight excluding hydrogens is 430 g/mol. The number of ether oxygens (including phenoxy) is 1. The zero-order valence-electron chi connectivity index (χ0n) is 24.4. The van der Waals surface area contributed by atoms with Gasteiger partial charge in [-0.05, 0) is 110 Å². The summed E-state index contributed by atoms with van der Waals surface area (Å²) in [6.45, 7) is 24.4. The Kier molecular flexibility index (Phi) is 4.96. The minimum atomic E-state index is -0.141. The Morgan fingerprint density at radius 1 is 0.771 bits per heavy atom. The molecule has 2 N–H and O–H groups in total. The number of aliphatic hydroxyl groups is 1. The molecule has 0 radical (unpaired) electrons. The first kappa shape index (κ1) is 25.2. The van der Waals surface area contributed by atoms with Crippen LogP contribution in [-0.2, 0) is 4.74 Å². The number of rotatable bonds is 0. The fourth-order valence-corrected chi connectivity index (χ4v) is 12.9. The highest BCUT2D eigenvalue weighted by Crippen LogP contribution is 2.85. The average molecular weight is 486 g/mol. The summed E-state index contributed by atoms with van der Waals surface area (Å²) < 4.78 is 7.42. The number of nitrogens with one attached hydrogen (secondary N) is 1. The number of aliphatic hydroxyl groups excluding tert-OH is 1. The van der Waals surface area contributed by atoms with E-state index >= 15 is 0 Å². The molecule has 2 heterocycles. The molecule has 1 spiro atoms. The molecule has 3 heteroatoms. The zero-order valence-corrected chi connectivity index (χ0v) is 24.4. The van der Waals surface area contributed by atoms with Crippen molar-refractivity contribution >= 4 is 0 Å². The van der Waals surface area contributed by atoms with Crippen molar-refractivity contribution in [2.75, 3.05) is 6.54 Å². The summed E-state index contributed by atoms with van der Waals surface area (Å²) in [5, 5.41) is 14.6. The Morgan fingerprint density at radius 2 is 1.49 bits per heavy atom. The van der Waals surface area contributed by atoms with Gasteiger partial charge in [-0.25, -0.2) is 0 Å². The molecule has 3 nitrogen and oxygen atoms in total. The van der Waals surface area contributed by atoms with Gasteiger partial charge >= 0.3 is 0 Å². The molecule has 4 aliphatic carbocycles. The zero-order chi connectivity index (χ0) is 25.5. The van der Waals surface area contributed by atoms with Gasteiger partial charge in [0.15, 0.2) is 0 Å². The Hall–Kier alpha value is -0.120. The minimum Gasteiger partial charge on any atom is -0.393 e. The van der Waals surface area contributed by atoms with Crippen molar-refractivity contribution < 1.29 is 9.84 Å². The molecule has 0 unspecified atom stereocenters. The van der Waals surface area contributed by atoms with Crippen LogP contribution in [0.15, 0.2) is 0 Å². The van der Waals surface area contributed by atoms with E-state index in [1.807, 2.05) is 0 Å². The van der Waals surface area contributed by atoms with Crippen LogP contribution in [0.25, 0.3) is 0 Å². The number of hydrogen-bond donors (Lipinski definition) is 2. The first-order chi connectivity index (χ1) is 16.1. The van der Waals surface area contributed by atoms with Crippen molar-refractivity contribution in [3.8, 4) is 0 Å². The normalized spacial score (nSPS) is 66.0. The third-order valence-electron chi connectivity index (χ3n) is 15.9. The second-order valence-corrected chi connectivity index (χ2v) is 16.4. The van der Waals surface area contributed by atoms with Gasteiger partial charge in [-0.15, -0.1) is 0 Å². The molecule has 0 aromatic carbocycles. The standard InChI is InChI=1S/C32H55NO2/c1-21-10-15-32(33-19-21)22(2)31(9)29(7)17-16-26(4)24(27(29,5)20-30(31,8)35-32)12-13-25(3)18-23(34)11-14-28(25,26)6/h21-24,33-34H,10-20H2,1-9H3/t21-,22-,23-,24+,25-,26-,27-,28-,29-,30-,31+,32-/m0/s1. The van der Waals surface area contributed by atoms with Crippen molar-refractivity contribution in [3.63, 3.8) is 0 Å². The van der Waals surface area contributed by atoms with E-state index in [0.29, 0.717) is 16.7 Å². The lowest BCUT2D eigenvalue weighted by Crippen LogP contribution is -2.67. The monoisotopic (exact) mass is 485 g/mol. The summed E-state index contributed by atoms with van der Waals surface area (Å²) in [6.07, 6.45) is 12.0. The van der Waals surface area contributed by atoms with E-state index < -0.39 is 0 Å². The lowest BCUT2D eigenvalue weighted by atomic mass is 9.31. The van der Waals surface area contributed by atoms with E-state index in [1.54, 1.807) is 0 Å². The lowest BCUT2D eigenvalue weighted by Gasteiger charge is -2.73. The van der Waals surface area contributed by atoms with Gasteiger partial charge in [0.05, 0.1) is 11.7 Å². The fraction of sp³-hybridized carbons (Fsp3) is 1.00. The van der Waals surface area contributed by atoms with Crippen LogP contribution >= 0.6 is 0 Å². The van der Waals surface area contributed by atoms with Crippen LogP contribution in [0.3, 0.4) is 0 Å². The van der Waals surface area contributed by atoms with E-state index in [-0.39, 0.29) is 39.1 Å². The molecular formula is C32H55NO2. The molecule has 2 aliphatic heterocycles. The van der Waals surface area contributed by atoms with Crippen LogP contribution in [0.2, 0.25) is 0 Å². The van der Waals surface area contributed by atoms with Gasteiger partial charge < -0.3 is 9.84 Å². The van der Waals surface area contributed by atoms with Crippen LogP contribution in [-0.4, -0.2) is 29.1 Å². The maximum atomic E-state index is 10.7. The molecule has 2 saturated heterocycles. The number of fused-ring (bicyclic) bond motifs is 7. The molecule has 200 valence electrons. The summed E-state index contributed by atoms with van der Waals surface area (Å²) in [4.78, 5) is 0. The summed E-state index contributed by atoms with van der Waals surface area (Å²) in [5.41, 5.74) is 1.39. The first-order valence-electron chi connectivity index (χ1n) is 15.2. The topological polar surface area (TPSA) is 41.5 Å². The predicted octanol–water partition coefficient (Wildman–Crippen LogP) is 7.32. The van der Waals surface area contributed by atoms with E-state index in [1.165, 1.54) is 44.9 Å². The predicted molar refractivity (Wildman–Crippen MR) is 143 cm³/mol. The highest BCUT2D eigenvalue weighted by atomic mass is 16.5. The van der Waals surface area contributed by atoms with Crippen LogP contribution < -0.4 is 5.32 Å². The molecule has 12 atom stereocenters. The van der Waals surface area contributed by atoms with Gasteiger partial charge in [-0.2, -0.15) is 0 Å². The van der Waals surface area contributed by atoms with Gasteiger partial charge in [0, 0.05) is 17.9 Å². The quantitative estimate of drug-likeness (QED) is 0.378. The van der Waals surface area contributed by atoms with Gasteiger partial charge in [0.2, 0.25) is 0 Å². The molecule has 0 aromatic heterocycles. The molecule has 6 fully saturated rings.